The van der Waals surface area contributed by atoms with Gasteiger partial charge in [-0.15, -0.1) is 0 Å². The van der Waals surface area contributed by atoms with E-state index < -0.39 is 0 Å². The van der Waals surface area contributed by atoms with E-state index in [-0.39, 0.29) is 11.9 Å². The number of carbonyl (C=O) groups excluding carboxylic acids is 1. The number of nitrogens with one attached hydrogen (secondary N) is 2. The summed E-state index contributed by atoms with van der Waals surface area (Å²) in [6, 6.07) is 3.87. The van der Waals surface area contributed by atoms with E-state index in [2.05, 4.69) is 20.5 Å². The van der Waals surface area contributed by atoms with Gasteiger partial charge in [-0.05, 0) is 38.8 Å². The summed E-state index contributed by atoms with van der Waals surface area (Å²) in [5.41, 5.74) is 4.84. The van der Waals surface area contributed by atoms with Gasteiger partial charge in [0.2, 0.25) is 5.91 Å². The first-order valence-electron chi connectivity index (χ1n) is 7.24. The fourth-order valence-electron chi connectivity index (χ4n) is 2.47. The summed E-state index contributed by atoms with van der Waals surface area (Å²) in [5.74, 6) is -0.000460. The van der Waals surface area contributed by atoms with Crippen LogP contribution in [0.1, 0.15) is 47.6 Å². The van der Waals surface area contributed by atoms with Gasteiger partial charge in [0.1, 0.15) is 0 Å². The third-order valence-corrected chi connectivity index (χ3v) is 3.74. The Bertz CT molecular complexity index is 613. The van der Waals surface area contributed by atoms with Gasteiger partial charge in [-0.2, -0.15) is 5.10 Å². The smallest absolute Gasteiger partial charge is 0.225 e. The number of carbonyl (C=O) groups is 1. The molecular formula is C16H22N4O. The minimum absolute atomic E-state index is 0.000460. The van der Waals surface area contributed by atoms with Gasteiger partial charge in [0, 0.05) is 17.5 Å². The van der Waals surface area contributed by atoms with Crippen LogP contribution in [0.3, 0.4) is 0 Å². The SMILES string of the molecule is CCC(NC(=O)Cc1c(C)n[nH]c1C)c1ncccc1C. The molecule has 1 amide bonds. The summed E-state index contributed by atoms with van der Waals surface area (Å²) in [5, 5.41) is 10.1. The molecule has 2 rings (SSSR count). The molecule has 2 heterocycles. The highest BCUT2D eigenvalue weighted by molar-refractivity contribution is 5.79. The van der Waals surface area contributed by atoms with Crippen LogP contribution in [0.15, 0.2) is 18.3 Å². The molecule has 0 radical (unpaired) electrons. The highest BCUT2D eigenvalue weighted by Crippen LogP contribution is 2.18. The number of hydrogen-bond acceptors (Lipinski definition) is 3. The normalized spacial score (nSPS) is 12.2. The molecule has 5 heteroatoms. The predicted molar refractivity (Wildman–Crippen MR) is 81.9 cm³/mol. The van der Waals surface area contributed by atoms with Gasteiger partial charge in [0.25, 0.3) is 0 Å². The first-order valence-corrected chi connectivity index (χ1v) is 7.24. The summed E-state index contributed by atoms with van der Waals surface area (Å²) < 4.78 is 0. The van der Waals surface area contributed by atoms with Crippen LogP contribution >= 0.6 is 0 Å². The standard InChI is InChI=1S/C16H22N4O/c1-5-14(16-10(2)7-6-8-17-16)18-15(21)9-13-11(3)19-20-12(13)4/h6-8,14H,5,9H2,1-4H3,(H,18,21)(H,19,20). The summed E-state index contributed by atoms with van der Waals surface area (Å²) in [6.07, 6.45) is 2.92. The molecule has 0 aromatic carbocycles. The van der Waals surface area contributed by atoms with Crippen LogP contribution in [-0.4, -0.2) is 21.1 Å². The van der Waals surface area contributed by atoms with Crippen LogP contribution < -0.4 is 5.32 Å². The zero-order valence-electron chi connectivity index (χ0n) is 13.0. The predicted octanol–water partition coefficient (Wildman–Crippen LogP) is 2.54. The minimum atomic E-state index is -0.0498. The first kappa shape index (κ1) is 15.2. The van der Waals surface area contributed by atoms with Crippen molar-refractivity contribution in [3.8, 4) is 0 Å². The molecule has 21 heavy (non-hydrogen) atoms. The molecule has 1 atom stereocenters. The lowest BCUT2D eigenvalue weighted by molar-refractivity contribution is -0.121. The van der Waals surface area contributed by atoms with Gasteiger partial charge in [-0.25, -0.2) is 0 Å². The second-order valence-corrected chi connectivity index (χ2v) is 5.32. The molecule has 2 aromatic rings. The Morgan fingerprint density at radius 1 is 1.38 bits per heavy atom. The number of aromatic amines is 1. The van der Waals surface area contributed by atoms with Crippen molar-refractivity contribution in [3.05, 3.63) is 46.5 Å². The van der Waals surface area contributed by atoms with Crippen molar-refractivity contribution in [2.45, 2.75) is 46.6 Å². The van der Waals surface area contributed by atoms with Crippen LogP contribution in [0.25, 0.3) is 0 Å². The van der Waals surface area contributed by atoms with Crippen LogP contribution in [-0.2, 0) is 11.2 Å². The Morgan fingerprint density at radius 2 is 2.14 bits per heavy atom. The van der Waals surface area contributed by atoms with Gasteiger partial charge in [-0.1, -0.05) is 13.0 Å². The average molecular weight is 286 g/mol. The number of amides is 1. The summed E-state index contributed by atoms with van der Waals surface area (Å²) >= 11 is 0. The molecule has 112 valence electrons. The molecule has 0 bridgehead atoms. The number of aromatic nitrogens is 3. The zero-order valence-corrected chi connectivity index (χ0v) is 13.0. The molecule has 0 aliphatic carbocycles. The lowest BCUT2D eigenvalue weighted by Crippen LogP contribution is -2.30. The van der Waals surface area contributed by atoms with Gasteiger partial charge in [0.05, 0.1) is 23.9 Å². The van der Waals surface area contributed by atoms with E-state index in [4.69, 9.17) is 0 Å². The molecule has 2 aromatic heterocycles. The number of H-pyrrole nitrogens is 1. The lowest BCUT2D eigenvalue weighted by atomic mass is 10.0. The van der Waals surface area contributed by atoms with E-state index in [1.807, 2.05) is 39.8 Å². The Morgan fingerprint density at radius 3 is 2.71 bits per heavy atom. The van der Waals surface area contributed by atoms with E-state index in [0.29, 0.717) is 6.42 Å². The molecule has 0 spiro atoms. The maximum Gasteiger partial charge on any atom is 0.225 e. The fourth-order valence-corrected chi connectivity index (χ4v) is 2.47. The first-order chi connectivity index (χ1) is 10.0. The number of rotatable bonds is 5. The van der Waals surface area contributed by atoms with Crippen LogP contribution in [0.5, 0.6) is 0 Å². The summed E-state index contributed by atoms with van der Waals surface area (Å²) in [7, 11) is 0. The third kappa shape index (κ3) is 3.48. The van der Waals surface area contributed by atoms with E-state index in [1.165, 1.54) is 0 Å². The molecule has 0 saturated heterocycles. The Labute approximate surface area is 125 Å². The number of nitrogens with zero attached hydrogens (tertiary/aromatic N) is 2. The molecule has 0 fully saturated rings. The van der Waals surface area contributed by atoms with E-state index in [9.17, 15) is 4.79 Å². The zero-order chi connectivity index (χ0) is 15.4. The van der Waals surface area contributed by atoms with E-state index in [0.717, 1.165) is 34.6 Å². The monoisotopic (exact) mass is 286 g/mol. The molecular weight excluding hydrogens is 264 g/mol. The molecule has 2 N–H and O–H groups in total. The van der Waals surface area contributed by atoms with Gasteiger partial charge in [0.15, 0.2) is 0 Å². The van der Waals surface area contributed by atoms with Crippen molar-refractivity contribution in [2.75, 3.05) is 0 Å². The second kappa shape index (κ2) is 6.52. The number of pyridine rings is 1. The molecule has 0 aliphatic rings. The number of hydrogen-bond donors (Lipinski definition) is 2. The Kier molecular flexibility index (Phi) is 4.73. The van der Waals surface area contributed by atoms with E-state index >= 15 is 0 Å². The van der Waals surface area contributed by atoms with Crippen LogP contribution in [0.4, 0.5) is 0 Å². The topological polar surface area (TPSA) is 70.7 Å². The average Bonchev–Trinajstić information content (AvgIpc) is 2.77. The van der Waals surface area contributed by atoms with Crippen LogP contribution in [0.2, 0.25) is 0 Å². The largest absolute Gasteiger partial charge is 0.347 e. The van der Waals surface area contributed by atoms with Gasteiger partial charge >= 0.3 is 0 Å². The maximum absolute atomic E-state index is 12.3. The minimum Gasteiger partial charge on any atom is -0.347 e. The van der Waals surface area contributed by atoms with E-state index in [1.54, 1.807) is 6.20 Å². The summed E-state index contributed by atoms with van der Waals surface area (Å²) in [4.78, 5) is 16.7. The van der Waals surface area contributed by atoms with Crippen molar-refractivity contribution in [1.82, 2.24) is 20.5 Å². The van der Waals surface area contributed by atoms with Gasteiger partial charge in [-0.3, -0.25) is 14.9 Å². The maximum atomic E-state index is 12.3. The molecule has 0 aliphatic heterocycles. The van der Waals surface area contributed by atoms with Crippen molar-refractivity contribution in [1.29, 1.82) is 0 Å². The fraction of sp³-hybridized carbons (Fsp3) is 0.438. The van der Waals surface area contributed by atoms with Crippen LogP contribution in [0, 0.1) is 20.8 Å². The highest BCUT2D eigenvalue weighted by Gasteiger charge is 2.18. The third-order valence-electron chi connectivity index (χ3n) is 3.74. The van der Waals surface area contributed by atoms with Crippen molar-refractivity contribution >= 4 is 5.91 Å². The second-order valence-electron chi connectivity index (χ2n) is 5.32. The van der Waals surface area contributed by atoms with Crippen molar-refractivity contribution < 1.29 is 4.79 Å². The van der Waals surface area contributed by atoms with Gasteiger partial charge < -0.3 is 5.32 Å². The Balaban J connectivity index is 2.09. The quantitative estimate of drug-likeness (QED) is 0.887. The van der Waals surface area contributed by atoms with Crippen molar-refractivity contribution in [3.63, 3.8) is 0 Å². The molecule has 1 unspecified atom stereocenters. The molecule has 5 nitrogen and oxygen atoms in total. The Hall–Kier alpha value is -2.17. The number of aryl methyl sites for hydroxylation is 3. The highest BCUT2D eigenvalue weighted by atomic mass is 16.1. The molecule has 0 saturated carbocycles. The van der Waals surface area contributed by atoms with Crippen molar-refractivity contribution in [2.24, 2.45) is 0 Å². The lowest BCUT2D eigenvalue weighted by Gasteiger charge is -2.18. The summed E-state index contributed by atoms with van der Waals surface area (Å²) in [6.45, 7) is 7.91.